The summed E-state index contributed by atoms with van der Waals surface area (Å²) in [7, 11) is 0. The van der Waals surface area contributed by atoms with Gasteiger partial charge >= 0.3 is 0 Å². The molecular formula is C38H28N4. The zero-order valence-corrected chi connectivity index (χ0v) is 23.2. The summed E-state index contributed by atoms with van der Waals surface area (Å²) < 4.78 is 2.25. The lowest BCUT2D eigenvalue weighted by atomic mass is 9.98. The predicted molar refractivity (Wildman–Crippen MR) is 173 cm³/mol. The van der Waals surface area contributed by atoms with Crippen molar-refractivity contribution in [1.82, 2.24) is 19.9 Å². The quantitative estimate of drug-likeness (QED) is 0.242. The molecule has 200 valence electrons. The molecule has 1 N–H and O–H groups in total. The van der Waals surface area contributed by atoms with Crippen LogP contribution in [0.15, 0.2) is 140 Å². The second-order valence-corrected chi connectivity index (χ2v) is 10.9. The summed E-state index contributed by atoms with van der Waals surface area (Å²) in [5, 5.41) is 8.43. The first-order chi connectivity index (χ1) is 20.7. The number of dihydropyridines is 1. The Bertz CT molecular complexity index is 2160. The van der Waals surface area contributed by atoms with E-state index in [1.54, 1.807) is 0 Å². The van der Waals surface area contributed by atoms with Gasteiger partial charge in [-0.1, -0.05) is 84.4 Å². The van der Waals surface area contributed by atoms with Gasteiger partial charge in [-0.2, -0.15) is 0 Å². The SMILES string of the molecule is Cc1ccc2c(c1)c1cccnc1n2-c1ccc(C2=CNC(c3ccc(-c4cccc5ccccc45)cn3)C=C2)cc1. The normalized spacial score (nSPS) is 14.8. The number of rotatable bonds is 4. The van der Waals surface area contributed by atoms with Crippen molar-refractivity contribution in [3.8, 4) is 16.8 Å². The van der Waals surface area contributed by atoms with E-state index in [0.29, 0.717) is 0 Å². The number of aryl methyl sites for hydroxylation is 1. The summed E-state index contributed by atoms with van der Waals surface area (Å²) in [4.78, 5) is 9.56. The zero-order chi connectivity index (χ0) is 28.0. The van der Waals surface area contributed by atoms with E-state index < -0.39 is 0 Å². The summed E-state index contributed by atoms with van der Waals surface area (Å²) in [6.07, 6.45) is 10.3. The summed E-state index contributed by atoms with van der Waals surface area (Å²) in [6, 6.07) is 38.7. The van der Waals surface area contributed by atoms with Gasteiger partial charge in [0.1, 0.15) is 5.65 Å². The highest BCUT2D eigenvalue weighted by molar-refractivity contribution is 6.08. The lowest BCUT2D eigenvalue weighted by Gasteiger charge is -2.19. The average molecular weight is 541 g/mol. The molecule has 7 aromatic rings. The first-order valence-electron chi connectivity index (χ1n) is 14.3. The van der Waals surface area contributed by atoms with E-state index in [1.165, 1.54) is 38.2 Å². The number of pyridine rings is 2. The molecule has 8 rings (SSSR count). The van der Waals surface area contributed by atoms with Crippen LogP contribution in [0.5, 0.6) is 0 Å². The predicted octanol–water partition coefficient (Wildman–Crippen LogP) is 8.94. The third-order valence-electron chi connectivity index (χ3n) is 8.23. The van der Waals surface area contributed by atoms with Crippen LogP contribution in [0.1, 0.15) is 22.9 Å². The van der Waals surface area contributed by atoms with Crippen molar-refractivity contribution < 1.29 is 0 Å². The lowest BCUT2D eigenvalue weighted by Crippen LogP contribution is -2.17. The molecule has 1 aliphatic rings. The molecule has 4 aromatic carbocycles. The minimum Gasteiger partial charge on any atom is -0.379 e. The second-order valence-electron chi connectivity index (χ2n) is 10.9. The Morgan fingerprint density at radius 1 is 0.714 bits per heavy atom. The van der Waals surface area contributed by atoms with Crippen molar-refractivity contribution in [2.45, 2.75) is 13.0 Å². The Morgan fingerprint density at radius 3 is 2.38 bits per heavy atom. The molecule has 1 aliphatic heterocycles. The molecule has 0 saturated heterocycles. The largest absolute Gasteiger partial charge is 0.379 e. The first kappa shape index (κ1) is 24.3. The molecule has 0 aliphatic carbocycles. The van der Waals surface area contributed by atoms with Gasteiger partial charge < -0.3 is 5.32 Å². The van der Waals surface area contributed by atoms with Gasteiger partial charge in [0, 0.05) is 40.6 Å². The number of nitrogens with zero attached hydrogens (tertiary/aromatic N) is 3. The Morgan fingerprint density at radius 2 is 1.55 bits per heavy atom. The number of benzene rings is 4. The van der Waals surface area contributed by atoms with Crippen molar-refractivity contribution in [2.75, 3.05) is 0 Å². The van der Waals surface area contributed by atoms with Crippen LogP contribution in [0.25, 0.3) is 55.1 Å². The van der Waals surface area contributed by atoms with Crippen LogP contribution in [-0.4, -0.2) is 14.5 Å². The van der Waals surface area contributed by atoms with E-state index in [2.05, 4.69) is 138 Å². The third kappa shape index (κ3) is 4.08. The van der Waals surface area contributed by atoms with E-state index >= 15 is 0 Å². The molecule has 4 heteroatoms. The summed E-state index contributed by atoms with van der Waals surface area (Å²) in [6.45, 7) is 2.13. The molecular weight excluding hydrogens is 512 g/mol. The molecule has 0 saturated carbocycles. The van der Waals surface area contributed by atoms with Crippen LogP contribution in [-0.2, 0) is 0 Å². The van der Waals surface area contributed by atoms with Gasteiger partial charge in [-0.25, -0.2) is 4.98 Å². The molecule has 4 heterocycles. The number of hydrogen-bond acceptors (Lipinski definition) is 3. The van der Waals surface area contributed by atoms with Gasteiger partial charge in [0.25, 0.3) is 0 Å². The smallest absolute Gasteiger partial charge is 0.145 e. The van der Waals surface area contributed by atoms with Crippen LogP contribution in [0.2, 0.25) is 0 Å². The van der Waals surface area contributed by atoms with Gasteiger partial charge in [0.05, 0.1) is 17.3 Å². The van der Waals surface area contributed by atoms with Crippen LogP contribution in [0.3, 0.4) is 0 Å². The summed E-state index contributed by atoms with van der Waals surface area (Å²) >= 11 is 0. The molecule has 0 fully saturated rings. The molecule has 0 radical (unpaired) electrons. The summed E-state index contributed by atoms with van der Waals surface area (Å²) in [5.74, 6) is 0. The fourth-order valence-corrected chi connectivity index (χ4v) is 6.10. The lowest BCUT2D eigenvalue weighted by molar-refractivity contribution is 0.724. The van der Waals surface area contributed by atoms with Crippen molar-refractivity contribution in [3.63, 3.8) is 0 Å². The maximum Gasteiger partial charge on any atom is 0.145 e. The van der Waals surface area contributed by atoms with Crippen molar-refractivity contribution in [1.29, 1.82) is 0 Å². The fourth-order valence-electron chi connectivity index (χ4n) is 6.10. The Kier molecular flexibility index (Phi) is 5.71. The van der Waals surface area contributed by atoms with Crippen molar-refractivity contribution in [2.24, 2.45) is 0 Å². The van der Waals surface area contributed by atoms with Gasteiger partial charge in [0.2, 0.25) is 0 Å². The highest BCUT2D eigenvalue weighted by Gasteiger charge is 2.15. The highest BCUT2D eigenvalue weighted by Crippen LogP contribution is 2.33. The first-order valence-corrected chi connectivity index (χ1v) is 14.3. The molecule has 4 nitrogen and oxygen atoms in total. The van der Waals surface area contributed by atoms with E-state index in [0.717, 1.165) is 33.7 Å². The minimum atomic E-state index is 0.0294. The van der Waals surface area contributed by atoms with Crippen LogP contribution >= 0.6 is 0 Å². The van der Waals surface area contributed by atoms with Gasteiger partial charge in [0.15, 0.2) is 0 Å². The molecule has 0 spiro atoms. The second kappa shape index (κ2) is 9.86. The van der Waals surface area contributed by atoms with E-state index in [4.69, 9.17) is 9.97 Å². The van der Waals surface area contributed by atoms with E-state index in [9.17, 15) is 0 Å². The molecule has 3 aromatic heterocycles. The van der Waals surface area contributed by atoms with Gasteiger partial charge in [-0.3, -0.25) is 9.55 Å². The maximum absolute atomic E-state index is 4.83. The fraction of sp³-hybridized carbons (Fsp3) is 0.0526. The average Bonchev–Trinajstić information content (AvgIpc) is 3.38. The molecule has 1 unspecified atom stereocenters. The number of allylic oxidation sites excluding steroid dienone is 2. The molecule has 0 bridgehead atoms. The summed E-state index contributed by atoms with van der Waals surface area (Å²) in [5.41, 5.74) is 10.1. The molecule has 42 heavy (non-hydrogen) atoms. The van der Waals surface area contributed by atoms with E-state index in [-0.39, 0.29) is 6.04 Å². The van der Waals surface area contributed by atoms with Crippen LogP contribution in [0.4, 0.5) is 0 Å². The Hall–Kier alpha value is -5.48. The molecule has 1 atom stereocenters. The van der Waals surface area contributed by atoms with Gasteiger partial charge in [-0.15, -0.1) is 0 Å². The monoisotopic (exact) mass is 540 g/mol. The minimum absolute atomic E-state index is 0.0294. The third-order valence-corrected chi connectivity index (χ3v) is 8.23. The topological polar surface area (TPSA) is 42.7 Å². The molecule has 0 amide bonds. The Labute approximate surface area is 244 Å². The van der Waals surface area contributed by atoms with E-state index in [1.807, 2.05) is 18.5 Å². The number of nitrogens with one attached hydrogen (secondary N) is 1. The Balaban J connectivity index is 1.04. The van der Waals surface area contributed by atoms with Crippen LogP contribution in [0, 0.1) is 6.92 Å². The van der Waals surface area contributed by atoms with Crippen molar-refractivity contribution in [3.05, 3.63) is 157 Å². The van der Waals surface area contributed by atoms with Crippen LogP contribution < -0.4 is 5.32 Å². The highest BCUT2D eigenvalue weighted by atomic mass is 15.0. The maximum atomic E-state index is 4.83. The number of aromatic nitrogens is 3. The standard InChI is InChI=1S/C38H28N4/c1-25-11-20-37-34(22-25)33-10-5-21-39-38(33)42(37)30-16-12-26(13-17-30)28-14-18-35(40-23-28)36-19-15-29(24-41-36)32-9-4-7-27-6-2-3-8-31(27)32/h2-24,35,40H,1H3. The zero-order valence-electron chi connectivity index (χ0n) is 23.2. The number of hydrogen-bond donors (Lipinski definition) is 1. The van der Waals surface area contributed by atoms with Crippen molar-refractivity contribution >= 4 is 38.3 Å². The van der Waals surface area contributed by atoms with Gasteiger partial charge in [-0.05, 0) is 76.9 Å². The number of fused-ring (bicyclic) bond motifs is 4.